The highest BCUT2D eigenvalue weighted by Crippen LogP contribution is 2.55. The second-order valence-corrected chi connectivity index (χ2v) is 13.7. The molecule has 0 bridgehead atoms. The maximum Gasteiger partial charge on any atom is 0.416 e. The Balaban J connectivity index is 1.78. The Hall–Kier alpha value is -3.01. The molecule has 0 aliphatic rings. The van der Waals surface area contributed by atoms with Gasteiger partial charge in [0.2, 0.25) is 5.91 Å². The van der Waals surface area contributed by atoms with Crippen molar-refractivity contribution < 1.29 is 14.3 Å². The van der Waals surface area contributed by atoms with Crippen LogP contribution in [0.25, 0.3) is 0 Å². The fourth-order valence-corrected chi connectivity index (χ4v) is 8.64. The van der Waals surface area contributed by atoms with E-state index in [-0.39, 0.29) is 12.5 Å². The van der Waals surface area contributed by atoms with E-state index < -0.39 is 19.0 Å². The van der Waals surface area contributed by atoms with Gasteiger partial charge in [-0.2, -0.15) is 0 Å². The first-order chi connectivity index (χ1) is 17.1. The van der Waals surface area contributed by atoms with E-state index in [1.54, 1.807) is 20.8 Å². The van der Waals surface area contributed by atoms with Crippen LogP contribution in [0.2, 0.25) is 0 Å². The van der Waals surface area contributed by atoms with Crippen molar-refractivity contribution in [3.63, 3.8) is 0 Å². The summed E-state index contributed by atoms with van der Waals surface area (Å²) in [6.07, 6.45) is 1.26. The van der Waals surface area contributed by atoms with E-state index in [4.69, 9.17) is 4.74 Å². The van der Waals surface area contributed by atoms with Crippen LogP contribution >= 0.6 is 7.26 Å². The Morgan fingerprint density at radius 3 is 1.56 bits per heavy atom. The first-order valence-corrected chi connectivity index (χ1v) is 14.3. The number of nitrogens with zero attached hydrogens (tertiary/aromatic N) is 2. The van der Waals surface area contributed by atoms with Crippen molar-refractivity contribution in [3.05, 3.63) is 91.0 Å². The SMILES string of the molecule is CN(CCC[P+](c1ccccc1)(c1ccccc1)c1ccccc1)CC(=O)N(C)C(=O)OC(C)(C)C. The van der Waals surface area contributed by atoms with Crippen molar-refractivity contribution in [2.24, 2.45) is 0 Å². The van der Waals surface area contributed by atoms with Gasteiger partial charge in [-0.05, 0) is 70.6 Å². The van der Waals surface area contributed by atoms with Gasteiger partial charge in [0.15, 0.2) is 0 Å². The Morgan fingerprint density at radius 1 is 0.750 bits per heavy atom. The Morgan fingerprint density at radius 2 is 1.17 bits per heavy atom. The number of imide groups is 1. The van der Waals surface area contributed by atoms with Crippen molar-refractivity contribution in [1.82, 2.24) is 9.80 Å². The third-order valence-corrected chi connectivity index (χ3v) is 10.6. The van der Waals surface area contributed by atoms with Crippen LogP contribution < -0.4 is 15.9 Å². The van der Waals surface area contributed by atoms with E-state index in [2.05, 4.69) is 91.0 Å². The van der Waals surface area contributed by atoms with Crippen molar-refractivity contribution in [1.29, 1.82) is 0 Å². The fourth-order valence-electron chi connectivity index (χ4n) is 4.31. The first-order valence-electron chi connectivity index (χ1n) is 12.4. The minimum atomic E-state index is -1.90. The van der Waals surface area contributed by atoms with Gasteiger partial charge in [-0.25, -0.2) is 9.69 Å². The van der Waals surface area contributed by atoms with Crippen LogP contribution in [0.1, 0.15) is 27.2 Å². The summed E-state index contributed by atoms with van der Waals surface area (Å²) in [4.78, 5) is 28.0. The highest BCUT2D eigenvalue weighted by atomic mass is 31.2. The van der Waals surface area contributed by atoms with Crippen LogP contribution in [-0.4, -0.2) is 60.7 Å². The molecule has 0 heterocycles. The lowest BCUT2D eigenvalue weighted by Crippen LogP contribution is -2.43. The molecule has 6 heteroatoms. The molecule has 0 aliphatic carbocycles. The molecule has 0 spiro atoms. The smallest absolute Gasteiger partial charge is 0.416 e. The molecule has 0 aromatic heterocycles. The average Bonchev–Trinajstić information content (AvgIpc) is 2.87. The molecule has 0 saturated heterocycles. The predicted molar refractivity (Wildman–Crippen MR) is 151 cm³/mol. The van der Waals surface area contributed by atoms with Crippen LogP contribution in [0.15, 0.2) is 91.0 Å². The molecule has 190 valence electrons. The summed E-state index contributed by atoms with van der Waals surface area (Å²) in [5, 5.41) is 4.06. The number of likely N-dealkylation sites (N-methyl/N-ethyl adjacent to an activating group) is 2. The summed E-state index contributed by atoms with van der Waals surface area (Å²) in [6.45, 7) is 6.26. The molecule has 0 fully saturated rings. The van der Waals surface area contributed by atoms with E-state index >= 15 is 0 Å². The molecule has 2 amide bonds. The molecule has 5 nitrogen and oxygen atoms in total. The summed E-state index contributed by atoms with van der Waals surface area (Å²) in [5.74, 6) is -0.276. The number of hydrogen-bond donors (Lipinski definition) is 0. The number of carbonyl (C=O) groups excluding carboxylic acids is 2. The molecule has 0 aliphatic heterocycles. The summed E-state index contributed by atoms with van der Waals surface area (Å²) in [5.41, 5.74) is -0.642. The predicted octanol–water partition coefficient (Wildman–Crippen LogP) is 4.70. The Bertz CT molecular complexity index is 1020. The quantitative estimate of drug-likeness (QED) is 0.396. The molecule has 36 heavy (non-hydrogen) atoms. The van der Waals surface area contributed by atoms with Crippen molar-refractivity contribution in [2.75, 3.05) is 33.3 Å². The molecule has 0 unspecified atom stereocenters. The van der Waals surface area contributed by atoms with Crippen LogP contribution in [0, 0.1) is 0 Å². The lowest BCUT2D eigenvalue weighted by Gasteiger charge is -2.29. The maximum atomic E-state index is 12.7. The van der Waals surface area contributed by atoms with Crippen molar-refractivity contribution in [3.8, 4) is 0 Å². The summed E-state index contributed by atoms with van der Waals surface area (Å²) in [7, 11) is 1.50. The zero-order valence-corrected chi connectivity index (χ0v) is 22.9. The van der Waals surface area contributed by atoms with Crippen LogP contribution in [0.3, 0.4) is 0 Å². The standard InChI is InChI=1S/C30H38N2O3P/c1-30(2,3)35-29(34)32(5)28(33)24-31(4)22-15-23-36(25-16-9-6-10-17-25,26-18-11-7-12-19-26)27-20-13-8-14-21-27/h6-14,16-21H,15,22-24H2,1-5H3/q+1. The van der Waals surface area contributed by atoms with E-state index in [1.165, 1.54) is 23.0 Å². The first kappa shape index (κ1) is 27.6. The van der Waals surface area contributed by atoms with Crippen LogP contribution in [-0.2, 0) is 9.53 Å². The third kappa shape index (κ3) is 7.02. The van der Waals surface area contributed by atoms with E-state index in [0.29, 0.717) is 0 Å². The topological polar surface area (TPSA) is 49.9 Å². The number of ether oxygens (including phenoxy) is 1. The lowest BCUT2D eigenvalue weighted by molar-refractivity contribution is -0.130. The van der Waals surface area contributed by atoms with Gasteiger partial charge in [0.1, 0.15) is 28.8 Å². The summed E-state index contributed by atoms with van der Waals surface area (Å²) < 4.78 is 5.33. The number of rotatable bonds is 9. The van der Waals surface area contributed by atoms with Gasteiger partial charge in [0.25, 0.3) is 0 Å². The minimum Gasteiger partial charge on any atom is -0.443 e. The second kappa shape index (κ2) is 12.3. The molecule has 3 rings (SSSR count). The molecule has 0 atom stereocenters. The molecule has 3 aromatic carbocycles. The zero-order chi connectivity index (χ0) is 26.2. The number of hydrogen-bond acceptors (Lipinski definition) is 4. The van der Waals surface area contributed by atoms with Gasteiger partial charge in [-0.3, -0.25) is 9.69 Å². The molecular weight excluding hydrogens is 467 g/mol. The maximum absolute atomic E-state index is 12.7. The highest BCUT2D eigenvalue weighted by Gasteiger charge is 2.44. The average molecular weight is 506 g/mol. The monoisotopic (exact) mass is 505 g/mol. The van der Waals surface area contributed by atoms with Gasteiger partial charge in [-0.15, -0.1) is 0 Å². The summed E-state index contributed by atoms with van der Waals surface area (Å²) >= 11 is 0. The fraction of sp³-hybridized carbons (Fsp3) is 0.333. The lowest BCUT2D eigenvalue weighted by atomic mass is 10.2. The summed E-state index contributed by atoms with van der Waals surface area (Å²) in [6, 6.07) is 32.4. The van der Waals surface area contributed by atoms with Gasteiger partial charge >= 0.3 is 6.09 Å². The van der Waals surface area contributed by atoms with E-state index in [0.717, 1.165) is 24.0 Å². The minimum absolute atomic E-state index is 0.156. The van der Waals surface area contributed by atoms with Crippen molar-refractivity contribution >= 4 is 35.2 Å². The molecule has 0 saturated carbocycles. The van der Waals surface area contributed by atoms with Crippen LogP contribution in [0.5, 0.6) is 0 Å². The van der Waals surface area contributed by atoms with Gasteiger partial charge in [0, 0.05) is 13.6 Å². The zero-order valence-electron chi connectivity index (χ0n) is 22.1. The van der Waals surface area contributed by atoms with Gasteiger partial charge in [-0.1, -0.05) is 54.6 Å². The number of benzene rings is 3. The van der Waals surface area contributed by atoms with E-state index in [1.807, 2.05) is 11.9 Å². The highest BCUT2D eigenvalue weighted by molar-refractivity contribution is 7.95. The largest absolute Gasteiger partial charge is 0.443 e. The second-order valence-electron chi connectivity index (χ2n) is 10.1. The van der Waals surface area contributed by atoms with Crippen LogP contribution in [0.4, 0.5) is 4.79 Å². The van der Waals surface area contributed by atoms with Gasteiger partial charge < -0.3 is 4.74 Å². The third-order valence-electron chi connectivity index (χ3n) is 6.07. The number of carbonyl (C=O) groups is 2. The molecule has 3 aromatic rings. The van der Waals surface area contributed by atoms with E-state index in [9.17, 15) is 9.59 Å². The normalized spacial score (nSPS) is 11.8. The Labute approximate surface area is 216 Å². The van der Waals surface area contributed by atoms with Gasteiger partial charge in [0.05, 0.1) is 12.7 Å². The number of amides is 2. The van der Waals surface area contributed by atoms with Crippen molar-refractivity contribution in [2.45, 2.75) is 32.8 Å². The Kier molecular flexibility index (Phi) is 9.42. The molecular formula is C30H38N2O3P+. The molecule has 0 radical (unpaired) electrons. The molecule has 0 N–H and O–H groups in total.